The van der Waals surface area contributed by atoms with E-state index in [0.717, 1.165) is 24.5 Å². The van der Waals surface area contributed by atoms with Crippen molar-refractivity contribution in [2.45, 2.75) is 27.2 Å². The first kappa shape index (κ1) is 16.1. The van der Waals surface area contributed by atoms with Gasteiger partial charge in [0.05, 0.1) is 6.61 Å². The van der Waals surface area contributed by atoms with Crippen molar-refractivity contribution in [1.29, 1.82) is 0 Å². The van der Waals surface area contributed by atoms with Crippen molar-refractivity contribution in [1.82, 2.24) is 4.90 Å². The van der Waals surface area contributed by atoms with Crippen molar-refractivity contribution in [3.63, 3.8) is 0 Å². The van der Waals surface area contributed by atoms with E-state index in [1.165, 1.54) is 0 Å². The molecule has 0 atom stereocenters. The molecule has 0 fully saturated rings. The lowest BCUT2D eigenvalue weighted by Gasteiger charge is -2.18. The van der Waals surface area contributed by atoms with Gasteiger partial charge in [-0.2, -0.15) is 0 Å². The van der Waals surface area contributed by atoms with Crippen LogP contribution in [0.25, 0.3) is 0 Å². The normalized spacial score (nSPS) is 10.2. The highest BCUT2D eigenvalue weighted by Crippen LogP contribution is 2.22. The molecule has 1 amide bonds. The molecule has 0 unspecified atom stereocenters. The second-order valence-corrected chi connectivity index (χ2v) is 4.47. The molecule has 0 aliphatic rings. The minimum atomic E-state index is 0.163. The van der Waals surface area contributed by atoms with E-state index in [-0.39, 0.29) is 5.91 Å². The molecule has 0 aliphatic heterocycles. The van der Waals surface area contributed by atoms with Gasteiger partial charge in [-0.25, -0.2) is 0 Å². The molecule has 5 nitrogen and oxygen atoms in total. The lowest BCUT2D eigenvalue weighted by atomic mass is 10.2. The number of hydrogen-bond donors (Lipinski definition) is 2. The fourth-order valence-electron chi connectivity index (χ4n) is 2.02. The number of nitrogens with two attached hydrogens (primary N) is 1. The highest BCUT2D eigenvalue weighted by molar-refractivity contribution is 5.76. The van der Waals surface area contributed by atoms with Gasteiger partial charge in [0.1, 0.15) is 5.75 Å². The van der Waals surface area contributed by atoms with Crippen molar-refractivity contribution in [3.05, 3.63) is 18.2 Å². The Morgan fingerprint density at radius 3 is 2.55 bits per heavy atom. The monoisotopic (exact) mass is 279 g/mol. The Bertz CT molecular complexity index is 431. The van der Waals surface area contributed by atoms with Crippen LogP contribution in [-0.2, 0) is 4.79 Å². The highest BCUT2D eigenvalue weighted by Gasteiger charge is 2.08. The van der Waals surface area contributed by atoms with E-state index in [2.05, 4.69) is 5.32 Å². The van der Waals surface area contributed by atoms with Crippen LogP contribution in [0.2, 0.25) is 0 Å². The zero-order valence-corrected chi connectivity index (χ0v) is 12.6. The summed E-state index contributed by atoms with van der Waals surface area (Å²) in [6, 6.07) is 5.52. The first-order valence-electron chi connectivity index (χ1n) is 7.15. The number of amides is 1. The van der Waals surface area contributed by atoms with Gasteiger partial charge in [0.2, 0.25) is 5.91 Å². The molecule has 0 heterocycles. The van der Waals surface area contributed by atoms with Crippen molar-refractivity contribution >= 4 is 17.3 Å². The Morgan fingerprint density at radius 2 is 1.95 bits per heavy atom. The molecular weight excluding hydrogens is 254 g/mol. The van der Waals surface area contributed by atoms with Crippen molar-refractivity contribution in [3.8, 4) is 5.75 Å². The minimum absolute atomic E-state index is 0.163. The van der Waals surface area contributed by atoms with E-state index >= 15 is 0 Å². The Kier molecular flexibility index (Phi) is 6.70. The highest BCUT2D eigenvalue weighted by atomic mass is 16.5. The van der Waals surface area contributed by atoms with Crippen LogP contribution in [0, 0.1) is 0 Å². The van der Waals surface area contributed by atoms with Crippen molar-refractivity contribution in [2.24, 2.45) is 0 Å². The summed E-state index contributed by atoms with van der Waals surface area (Å²) < 4.78 is 5.43. The van der Waals surface area contributed by atoms with Crippen LogP contribution in [-0.4, -0.2) is 37.0 Å². The van der Waals surface area contributed by atoms with Gasteiger partial charge in [0.25, 0.3) is 0 Å². The van der Waals surface area contributed by atoms with Crippen LogP contribution in [0.5, 0.6) is 5.75 Å². The Morgan fingerprint density at radius 1 is 1.25 bits per heavy atom. The van der Waals surface area contributed by atoms with Crippen LogP contribution in [0.4, 0.5) is 11.4 Å². The number of nitrogens with one attached hydrogen (secondary N) is 1. The topological polar surface area (TPSA) is 67.6 Å². The van der Waals surface area contributed by atoms with E-state index < -0.39 is 0 Å². The molecule has 1 aromatic carbocycles. The number of rotatable bonds is 8. The van der Waals surface area contributed by atoms with Gasteiger partial charge in [0, 0.05) is 49.6 Å². The molecule has 1 rings (SSSR count). The van der Waals surface area contributed by atoms with E-state index in [1.54, 1.807) is 6.07 Å². The quantitative estimate of drug-likeness (QED) is 0.717. The molecule has 20 heavy (non-hydrogen) atoms. The minimum Gasteiger partial charge on any atom is -0.494 e. The summed E-state index contributed by atoms with van der Waals surface area (Å²) in [5.41, 5.74) is 7.34. The van der Waals surface area contributed by atoms with Gasteiger partial charge in [-0.3, -0.25) is 4.79 Å². The largest absolute Gasteiger partial charge is 0.494 e. The Hall–Kier alpha value is -1.91. The van der Waals surface area contributed by atoms with Crippen LogP contribution in [0.15, 0.2) is 18.2 Å². The first-order chi connectivity index (χ1) is 9.60. The maximum absolute atomic E-state index is 11.9. The molecule has 0 aliphatic carbocycles. The van der Waals surface area contributed by atoms with E-state index in [9.17, 15) is 4.79 Å². The van der Waals surface area contributed by atoms with E-state index in [0.29, 0.717) is 25.3 Å². The Balaban J connectivity index is 2.51. The number of anilines is 2. The maximum Gasteiger partial charge on any atom is 0.224 e. The molecule has 0 saturated carbocycles. The van der Waals surface area contributed by atoms with Crippen LogP contribution in [0.3, 0.4) is 0 Å². The summed E-state index contributed by atoms with van der Waals surface area (Å²) >= 11 is 0. The molecule has 0 aromatic heterocycles. The average molecular weight is 279 g/mol. The number of ether oxygens (including phenoxy) is 1. The third-order valence-electron chi connectivity index (χ3n) is 3.02. The van der Waals surface area contributed by atoms with Crippen molar-refractivity contribution < 1.29 is 9.53 Å². The average Bonchev–Trinajstić information content (AvgIpc) is 2.40. The lowest BCUT2D eigenvalue weighted by Crippen LogP contribution is -2.31. The zero-order chi connectivity index (χ0) is 15.0. The number of carbonyl (C=O) groups excluding carboxylic acids is 1. The predicted molar refractivity (Wildman–Crippen MR) is 83.1 cm³/mol. The van der Waals surface area contributed by atoms with Crippen LogP contribution < -0.4 is 15.8 Å². The molecule has 3 N–H and O–H groups in total. The Labute approximate surface area is 121 Å². The standard InChI is InChI=1S/C15H25N3O2/c1-4-18(5-2)15(19)7-8-17-13-9-12(16)10-14(11-13)20-6-3/h9-11,17H,4-8,16H2,1-3H3. The molecule has 5 heteroatoms. The van der Waals surface area contributed by atoms with E-state index in [4.69, 9.17) is 10.5 Å². The van der Waals surface area contributed by atoms with Gasteiger partial charge < -0.3 is 20.7 Å². The third kappa shape index (κ3) is 4.99. The van der Waals surface area contributed by atoms with Gasteiger partial charge in [-0.15, -0.1) is 0 Å². The fourth-order valence-corrected chi connectivity index (χ4v) is 2.02. The van der Waals surface area contributed by atoms with Gasteiger partial charge in [-0.05, 0) is 26.8 Å². The fraction of sp³-hybridized carbons (Fsp3) is 0.533. The number of hydrogen-bond acceptors (Lipinski definition) is 4. The number of carbonyl (C=O) groups is 1. The smallest absolute Gasteiger partial charge is 0.224 e. The molecule has 112 valence electrons. The maximum atomic E-state index is 11.9. The SMILES string of the molecule is CCOc1cc(N)cc(NCCC(=O)N(CC)CC)c1. The zero-order valence-electron chi connectivity index (χ0n) is 12.6. The van der Waals surface area contributed by atoms with Gasteiger partial charge >= 0.3 is 0 Å². The molecule has 0 radical (unpaired) electrons. The lowest BCUT2D eigenvalue weighted by molar-refractivity contribution is -0.130. The number of benzene rings is 1. The first-order valence-corrected chi connectivity index (χ1v) is 7.15. The predicted octanol–water partition coefficient (Wildman–Crippen LogP) is 2.34. The summed E-state index contributed by atoms with van der Waals surface area (Å²) in [5, 5.41) is 3.21. The molecule has 0 bridgehead atoms. The van der Waals surface area contributed by atoms with Crippen molar-refractivity contribution in [2.75, 3.05) is 37.3 Å². The number of nitrogens with zero attached hydrogens (tertiary/aromatic N) is 1. The summed E-state index contributed by atoms with van der Waals surface area (Å²) in [5.74, 6) is 0.904. The van der Waals surface area contributed by atoms with Gasteiger partial charge in [0.15, 0.2) is 0 Å². The summed E-state index contributed by atoms with van der Waals surface area (Å²) in [4.78, 5) is 13.7. The molecule has 0 spiro atoms. The van der Waals surface area contributed by atoms with Crippen LogP contribution in [0.1, 0.15) is 27.2 Å². The number of nitrogen functional groups attached to an aromatic ring is 1. The second-order valence-electron chi connectivity index (χ2n) is 4.47. The van der Waals surface area contributed by atoms with Crippen LogP contribution >= 0.6 is 0 Å². The molecule has 1 aromatic rings. The third-order valence-corrected chi connectivity index (χ3v) is 3.02. The summed E-state index contributed by atoms with van der Waals surface area (Å²) in [6.07, 6.45) is 0.473. The molecular formula is C15H25N3O2. The summed E-state index contributed by atoms with van der Waals surface area (Å²) in [6.45, 7) is 8.60. The summed E-state index contributed by atoms with van der Waals surface area (Å²) in [7, 11) is 0. The second kappa shape index (κ2) is 8.30. The van der Waals surface area contributed by atoms with Gasteiger partial charge in [-0.1, -0.05) is 0 Å². The van der Waals surface area contributed by atoms with E-state index in [1.807, 2.05) is 37.8 Å². The molecule has 0 saturated heterocycles.